The van der Waals surface area contributed by atoms with Crippen molar-refractivity contribution >= 4 is 52.7 Å². The van der Waals surface area contributed by atoms with Crippen LogP contribution in [0.4, 0.5) is 0 Å². The number of hydrogen-bond donors (Lipinski definition) is 3. The van der Waals surface area contributed by atoms with Gasteiger partial charge in [0.05, 0.1) is 17.7 Å². The molecule has 0 atom stereocenters. The van der Waals surface area contributed by atoms with E-state index in [1.165, 1.54) is 19.2 Å². The highest BCUT2D eigenvalue weighted by molar-refractivity contribution is 7.80. The third-order valence-corrected chi connectivity index (χ3v) is 3.63. The number of benzene rings is 2. The zero-order valence-corrected chi connectivity index (χ0v) is 15.3. The van der Waals surface area contributed by atoms with Gasteiger partial charge in [-0.05, 0) is 48.6 Å². The quantitative estimate of drug-likeness (QED) is 0.232. The van der Waals surface area contributed by atoms with Crippen LogP contribution in [0, 0.1) is 0 Å². The molecule has 2 aromatic carbocycles. The molecule has 0 saturated heterocycles. The molecule has 130 valence electrons. The van der Waals surface area contributed by atoms with Crippen LogP contribution in [-0.2, 0) is 0 Å². The third kappa shape index (κ3) is 5.32. The zero-order valence-electron chi connectivity index (χ0n) is 13.0. The van der Waals surface area contributed by atoms with Gasteiger partial charge in [-0.25, -0.2) is 4.79 Å². The first-order valence-electron chi connectivity index (χ1n) is 6.90. The summed E-state index contributed by atoms with van der Waals surface area (Å²) in [5, 5.41) is 3.45. The van der Waals surface area contributed by atoms with Gasteiger partial charge in [0.2, 0.25) is 5.11 Å². The summed E-state index contributed by atoms with van der Waals surface area (Å²) in [6, 6.07) is 9.49. The summed E-state index contributed by atoms with van der Waals surface area (Å²) in [5.41, 5.74) is 8.81. The number of esters is 1. The van der Waals surface area contributed by atoms with Gasteiger partial charge >= 0.3 is 5.97 Å². The Morgan fingerprint density at radius 1 is 1.24 bits per heavy atom. The summed E-state index contributed by atoms with van der Waals surface area (Å²) in [7, 11) is 1.46. The van der Waals surface area contributed by atoms with E-state index in [1.54, 1.807) is 30.5 Å². The SMILES string of the molecule is COc1cc(C=[NH+]NC(N)=S)ccc1OC(=O)c1ccc(Cl)cc1Cl. The summed E-state index contributed by atoms with van der Waals surface area (Å²) in [6.45, 7) is 0. The standard InChI is InChI=1S/C16H13Cl2N3O3S/c1-23-14-6-9(8-20-21-16(19)25)2-5-13(14)24-15(22)11-4-3-10(17)7-12(11)18/h2-8H,1H3,(H3,19,21,25)/p+1. The number of nitrogens with one attached hydrogen (secondary N) is 2. The fourth-order valence-electron chi connectivity index (χ4n) is 1.86. The van der Waals surface area contributed by atoms with Gasteiger partial charge in [0, 0.05) is 10.6 Å². The number of methoxy groups -OCH3 is 1. The lowest BCUT2D eigenvalue weighted by atomic mass is 10.2. The molecular formula is C16H14Cl2N3O3S+. The molecule has 0 amide bonds. The summed E-state index contributed by atoms with van der Waals surface area (Å²) in [6.07, 6.45) is 1.61. The highest BCUT2D eigenvalue weighted by Gasteiger charge is 2.16. The van der Waals surface area contributed by atoms with Gasteiger partial charge in [-0.1, -0.05) is 23.2 Å². The third-order valence-electron chi connectivity index (χ3n) is 2.98. The predicted octanol–water partition coefficient (Wildman–Crippen LogP) is 1.47. The Morgan fingerprint density at radius 2 is 2.00 bits per heavy atom. The number of thiocarbonyl (C=S) groups is 1. The van der Waals surface area contributed by atoms with Crippen LogP contribution in [0.15, 0.2) is 36.4 Å². The van der Waals surface area contributed by atoms with Crippen LogP contribution in [0.25, 0.3) is 0 Å². The highest BCUT2D eigenvalue weighted by atomic mass is 35.5. The van der Waals surface area contributed by atoms with Crippen molar-refractivity contribution in [2.45, 2.75) is 0 Å². The van der Waals surface area contributed by atoms with Crippen LogP contribution in [-0.4, -0.2) is 24.4 Å². The maximum absolute atomic E-state index is 12.3. The molecule has 9 heteroatoms. The molecule has 0 unspecified atom stereocenters. The normalized spacial score (nSPS) is 10.5. The Morgan fingerprint density at radius 3 is 2.64 bits per heavy atom. The number of hydrazone groups is 1. The summed E-state index contributed by atoms with van der Waals surface area (Å²) in [5.74, 6) is -0.00718. The van der Waals surface area contributed by atoms with Crippen LogP contribution >= 0.6 is 35.4 Å². The molecular weight excluding hydrogens is 385 g/mol. The van der Waals surface area contributed by atoms with E-state index in [9.17, 15) is 4.79 Å². The van der Waals surface area contributed by atoms with Crippen molar-refractivity contribution < 1.29 is 19.4 Å². The summed E-state index contributed by atoms with van der Waals surface area (Å²) >= 11 is 16.5. The molecule has 0 aliphatic carbocycles. The second-order valence-electron chi connectivity index (χ2n) is 4.70. The largest absolute Gasteiger partial charge is 0.493 e. The van der Waals surface area contributed by atoms with Crippen molar-refractivity contribution in [3.8, 4) is 11.5 Å². The number of carbonyl (C=O) groups excluding carboxylic acids is 1. The van der Waals surface area contributed by atoms with Crippen LogP contribution in [0.3, 0.4) is 0 Å². The maximum atomic E-state index is 12.3. The predicted molar refractivity (Wildman–Crippen MR) is 100 cm³/mol. The molecule has 0 saturated carbocycles. The number of carbonyl (C=O) groups is 1. The van der Waals surface area contributed by atoms with Gasteiger partial charge in [-0.2, -0.15) is 0 Å². The summed E-state index contributed by atoms with van der Waals surface area (Å²) < 4.78 is 10.6. The van der Waals surface area contributed by atoms with Gasteiger partial charge in [-0.15, -0.1) is 10.5 Å². The van der Waals surface area contributed by atoms with Crippen molar-refractivity contribution in [1.82, 2.24) is 5.43 Å². The van der Waals surface area contributed by atoms with E-state index < -0.39 is 5.97 Å². The molecule has 0 fully saturated rings. The maximum Gasteiger partial charge on any atom is 0.345 e. The van der Waals surface area contributed by atoms with Crippen LogP contribution < -0.4 is 25.7 Å². The van der Waals surface area contributed by atoms with Gasteiger partial charge in [-0.3, -0.25) is 0 Å². The first-order valence-corrected chi connectivity index (χ1v) is 8.06. The van der Waals surface area contributed by atoms with E-state index in [0.717, 1.165) is 5.56 Å². The molecule has 0 bridgehead atoms. The number of hydrazine groups is 1. The Bertz CT molecular complexity index is 843. The van der Waals surface area contributed by atoms with Crippen LogP contribution in [0.1, 0.15) is 15.9 Å². The van der Waals surface area contributed by atoms with E-state index >= 15 is 0 Å². The second kappa shape index (κ2) is 8.66. The smallest absolute Gasteiger partial charge is 0.345 e. The van der Waals surface area contributed by atoms with Crippen molar-refractivity contribution in [2.75, 3.05) is 7.11 Å². The molecule has 0 aliphatic heterocycles. The Labute approximate surface area is 159 Å². The number of halogens is 2. The summed E-state index contributed by atoms with van der Waals surface area (Å²) in [4.78, 5) is 12.3. The van der Waals surface area contributed by atoms with E-state index in [0.29, 0.717) is 10.8 Å². The Kier molecular flexibility index (Phi) is 6.58. The van der Waals surface area contributed by atoms with Gasteiger partial charge < -0.3 is 15.2 Å². The average molecular weight is 399 g/mol. The van der Waals surface area contributed by atoms with E-state index in [-0.39, 0.29) is 21.4 Å². The molecule has 25 heavy (non-hydrogen) atoms. The van der Waals surface area contributed by atoms with Crippen LogP contribution in [0.2, 0.25) is 10.0 Å². The first kappa shape index (κ1) is 19.0. The first-order chi connectivity index (χ1) is 11.9. The number of hydrogen-bond acceptors (Lipinski definition) is 4. The highest BCUT2D eigenvalue weighted by Crippen LogP contribution is 2.29. The topological polar surface area (TPSA) is 87.6 Å². The molecule has 4 N–H and O–H groups in total. The minimum atomic E-state index is -0.620. The van der Waals surface area contributed by atoms with E-state index in [4.69, 9.17) is 38.4 Å². The lowest BCUT2D eigenvalue weighted by Crippen LogP contribution is -2.82. The lowest BCUT2D eigenvalue weighted by molar-refractivity contribution is -0.499. The molecule has 6 nitrogen and oxygen atoms in total. The fourth-order valence-corrected chi connectivity index (χ4v) is 2.40. The molecule has 2 aromatic rings. The molecule has 0 aromatic heterocycles. The minimum absolute atomic E-state index is 0.105. The monoisotopic (exact) mass is 398 g/mol. The molecule has 0 radical (unpaired) electrons. The number of rotatable bonds is 5. The van der Waals surface area contributed by atoms with Crippen molar-refractivity contribution in [1.29, 1.82) is 0 Å². The average Bonchev–Trinajstić information content (AvgIpc) is 2.55. The second-order valence-corrected chi connectivity index (χ2v) is 5.99. The van der Waals surface area contributed by atoms with E-state index in [2.05, 4.69) is 22.7 Å². The Hall–Kier alpha value is -2.35. The molecule has 0 aliphatic rings. The number of ether oxygens (including phenoxy) is 2. The van der Waals surface area contributed by atoms with Crippen molar-refractivity contribution in [2.24, 2.45) is 5.73 Å². The van der Waals surface area contributed by atoms with Crippen molar-refractivity contribution in [3.63, 3.8) is 0 Å². The van der Waals surface area contributed by atoms with E-state index in [1.807, 2.05) is 0 Å². The lowest BCUT2D eigenvalue weighted by Gasteiger charge is -2.10. The Balaban J connectivity index is 2.20. The molecule has 0 spiro atoms. The van der Waals surface area contributed by atoms with Crippen molar-refractivity contribution in [3.05, 3.63) is 57.6 Å². The minimum Gasteiger partial charge on any atom is -0.493 e. The molecule has 2 rings (SSSR count). The van der Waals surface area contributed by atoms with Gasteiger partial charge in [0.25, 0.3) is 0 Å². The number of nitrogens with two attached hydrogens (primary N) is 1. The molecule has 0 heterocycles. The fraction of sp³-hybridized carbons (Fsp3) is 0.0625. The van der Waals surface area contributed by atoms with Gasteiger partial charge in [0.1, 0.15) is 0 Å². The van der Waals surface area contributed by atoms with Crippen LogP contribution in [0.5, 0.6) is 11.5 Å². The van der Waals surface area contributed by atoms with Gasteiger partial charge in [0.15, 0.2) is 17.7 Å². The zero-order chi connectivity index (χ0) is 18.4.